The zero-order chi connectivity index (χ0) is 12.5. The first kappa shape index (κ1) is 12.8. The van der Waals surface area contributed by atoms with Gasteiger partial charge in [-0.05, 0) is 44.1 Å². The van der Waals surface area contributed by atoms with Gasteiger partial charge in [0.05, 0.1) is 5.25 Å². The van der Waals surface area contributed by atoms with E-state index in [0.29, 0.717) is 12.3 Å². The summed E-state index contributed by atoms with van der Waals surface area (Å²) in [5, 5.41) is -0.195. The molecule has 17 heavy (non-hydrogen) atoms. The van der Waals surface area contributed by atoms with Crippen LogP contribution >= 0.6 is 0 Å². The number of sulfone groups is 1. The first-order valence-corrected chi connectivity index (χ1v) is 8.34. The number of hydrogen-bond acceptors (Lipinski definition) is 3. The van der Waals surface area contributed by atoms with Crippen LogP contribution in [-0.2, 0) is 14.6 Å². The lowest BCUT2D eigenvalue weighted by molar-refractivity contribution is -0.115. The zero-order valence-electron chi connectivity index (χ0n) is 10.3. The van der Waals surface area contributed by atoms with Crippen molar-refractivity contribution in [2.75, 3.05) is 6.26 Å². The molecular formula is C13H20O3S. The van der Waals surface area contributed by atoms with Gasteiger partial charge in [0, 0.05) is 12.7 Å². The van der Waals surface area contributed by atoms with Gasteiger partial charge in [-0.2, -0.15) is 0 Å². The first-order chi connectivity index (χ1) is 7.97. The number of carbonyl (C=O) groups is 1. The van der Waals surface area contributed by atoms with Crippen molar-refractivity contribution in [1.29, 1.82) is 0 Å². The van der Waals surface area contributed by atoms with Gasteiger partial charge in [-0.3, -0.25) is 4.79 Å². The Balaban J connectivity index is 2.10. The first-order valence-electron chi connectivity index (χ1n) is 6.39. The number of ketones is 1. The standard InChI is InChI=1S/C13H20O3S/c1-17(15,16)13-7-3-5-11(9-13)10-4-2-6-12(14)8-10/h8,11,13H,2-7,9H2,1H3. The van der Waals surface area contributed by atoms with Gasteiger partial charge in [-0.25, -0.2) is 8.42 Å². The van der Waals surface area contributed by atoms with E-state index >= 15 is 0 Å². The predicted molar refractivity (Wildman–Crippen MR) is 67.5 cm³/mol. The van der Waals surface area contributed by atoms with Gasteiger partial charge >= 0.3 is 0 Å². The van der Waals surface area contributed by atoms with Gasteiger partial charge in [0.15, 0.2) is 5.78 Å². The lowest BCUT2D eigenvalue weighted by Crippen LogP contribution is -2.28. The Morgan fingerprint density at radius 2 is 1.94 bits per heavy atom. The SMILES string of the molecule is CS(=O)(=O)C1CCCC(C2=CC(=O)CCC2)C1. The maximum atomic E-state index is 11.6. The zero-order valence-corrected chi connectivity index (χ0v) is 11.1. The second-order valence-corrected chi connectivity index (χ2v) is 7.68. The van der Waals surface area contributed by atoms with Crippen molar-refractivity contribution in [3.05, 3.63) is 11.6 Å². The number of carbonyl (C=O) groups excluding carboxylic acids is 1. The Morgan fingerprint density at radius 3 is 2.59 bits per heavy atom. The van der Waals surface area contributed by atoms with Gasteiger partial charge < -0.3 is 0 Å². The topological polar surface area (TPSA) is 51.2 Å². The van der Waals surface area contributed by atoms with Crippen molar-refractivity contribution in [1.82, 2.24) is 0 Å². The van der Waals surface area contributed by atoms with E-state index in [-0.39, 0.29) is 11.0 Å². The fourth-order valence-corrected chi connectivity index (χ4v) is 4.19. The smallest absolute Gasteiger partial charge is 0.155 e. The molecular weight excluding hydrogens is 236 g/mol. The van der Waals surface area contributed by atoms with Crippen LogP contribution in [-0.4, -0.2) is 25.7 Å². The summed E-state index contributed by atoms with van der Waals surface area (Å²) in [5.41, 5.74) is 1.20. The summed E-state index contributed by atoms with van der Waals surface area (Å²) in [5.74, 6) is 0.542. The normalized spacial score (nSPS) is 31.1. The summed E-state index contributed by atoms with van der Waals surface area (Å²) in [4.78, 5) is 11.4. The minimum Gasteiger partial charge on any atom is -0.295 e. The van der Waals surface area contributed by atoms with Crippen LogP contribution in [0.1, 0.15) is 44.9 Å². The lowest BCUT2D eigenvalue weighted by Gasteiger charge is -2.30. The molecule has 2 unspecified atom stereocenters. The molecule has 0 aromatic heterocycles. The van der Waals surface area contributed by atoms with Gasteiger partial charge in [0.1, 0.15) is 9.84 Å². The van der Waals surface area contributed by atoms with Crippen LogP contribution in [0.5, 0.6) is 0 Å². The van der Waals surface area contributed by atoms with E-state index in [2.05, 4.69) is 0 Å². The molecule has 2 rings (SSSR count). The summed E-state index contributed by atoms with van der Waals surface area (Å²) < 4.78 is 23.2. The molecule has 1 fully saturated rings. The highest BCUT2D eigenvalue weighted by Gasteiger charge is 2.31. The average Bonchev–Trinajstić information content (AvgIpc) is 2.28. The second-order valence-electron chi connectivity index (χ2n) is 5.35. The summed E-state index contributed by atoms with van der Waals surface area (Å²) in [7, 11) is -2.92. The molecule has 2 atom stereocenters. The highest BCUT2D eigenvalue weighted by atomic mass is 32.2. The van der Waals surface area contributed by atoms with Gasteiger partial charge in [0.25, 0.3) is 0 Å². The highest BCUT2D eigenvalue weighted by molar-refractivity contribution is 7.91. The molecule has 2 aliphatic carbocycles. The molecule has 0 aromatic carbocycles. The largest absolute Gasteiger partial charge is 0.295 e. The molecule has 0 aliphatic heterocycles. The molecule has 1 saturated carbocycles. The third-order valence-corrected chi connectivity index (χ3v) is 5.63. The maximum Gasteiger partial charge on any atom is 0.155 e. The molecule has 4 heteroatoms. The predicted octanol–water partition coefficient (Wildman–Crippen LogP) is 2.27. The Morgan fingerprint density at radius 1 is 1.18 bits per heavy atom. The van der Waals surface area contributed by atoms with Crippen molar-refractivity contribution >= 4 is 15.6 Å². The molecule has 0 bridgehead atoms. The van der Waals surface area contributed by atoms with Crippen molar-refractivity contribution in [3.63, 3.8) is 0 Å². The van der Waals surface area contributed by atoms with E-state index in [1.807, 2.05) is 0 Å². The monoisotopic (exact) mass is 256 g/mol. The van der Waals surface area contributed by atoms with Crippen molar-refractivity contribution in [2.24, 2.45) is 5.92 Å². The van der Waals surface area contributed by atoms with Crippen LogP contribution in [0.4, 0.5) is 0 Å². The Hall–Kier alpha value is -0.640. The molecule has 0 N–H and O–H groups in total. The molecule has 0 saturated heterocycles. The Bertz CT molecular complexity index is 434. The van der Waals surface area contributed by atoms with Crippen LogP contribution in [0.3, 0.4) is 0 Å². The molecule has 0 heterocycles. The number of rotatable bonds is 2. The summed E-state index contributed by atoms with van der Waals surface area (Å²) in [6.07, 6.45) is 9.20. The highest BCUT2D eigenvalue weighted by Crippen LogP contribution is 2.36. The van der Waals surface area contributed by atoms with Crippen LogP contribution < -0.4 is 0 Å². The van der Waals surface area contributed by atoms with Gasteiger partial charge in [-0.1, -0.05) is 12.0 Å². The van der Waals surface area contributed by atoms with Crippen LogP contribution in [0.25, 0.3) is 0 Å². The fraction of sp³-hybridized carbons (Fsp3) is 0.769. The third-order valence-electron chi connectivity index (χ3n) is 3.99. The lowest BCUT2D eigenvalue weighted by atomic mass is 9.79. The van der Waals surface area contributed by atoms with E-state index < -0.39 is 9.84 Å². The molecule has 0 radical (unpaired) electrons. The molecule has 0 aromatic rings. The molecule has 2 aliphatic rings. The summed E-state index contributed by atoms with van der Waals surface area (Å²) in [6.45, 7) is 0. The number of hydrogen-bond donors (Lipinski definition) is 0. The molecule has 0 spiro atoms. The van der Waals surface area contributed by atoms with Gasteiger partial charge in [0.2, 0.25) is 0 Å². The van der Waals surface area contributed by atoms with E-state index in [1.165, 1.54) is 11.8 Å². The van der Waals surface area contributed by atoms with E-state index in [0.717, 1.165) is 38.5 Å². The van der Waals surface area contributed by atoms with Crippen molar-refractivity contribution in [3.8, 4) is 0 Å². The minimum atomic E-state index is -2.92. The van der Waals surface area contributed by atoms with E-state index in [4.69, 9.17) is 0 Å². The molecule has 0 amide bonds. The van der Waals surface area contributed by atoms with E-state index in [9.17, 15) is 13.2 Å². The van der Waals surface area contributed by atoms with Crippen LogP contribution in [0, 0.1) is 5.92 Å². The fourth-order valence-electron chi connectivity index (χ4n) is 3.01. The van der Waals surface area contributed by atoms with E-state index in [1.54, 1.807) is 6.08 Å². The van der Waals surface area contributed by atoms with Crippen LogP contribution in [0.2, 0.25) is 0 Å². The van der Waals surface area contributed by atoms with Gasteiger partial charge in [-0.15, -0.1) is 0 Å². The summed E-state index contributed by atoms with van der Waals surface area (Å²) in [6, 6.07) is 0. The minimum absolute atomic E-state index is 0.195. The number of allylic oxidation sites excluding steroid dienone is 2. The summed E-state index contributed by atoms with van der Waals surface area (Å²) >= 11 is 0. The second kappa shape index (κ2) is 4.92. The Kier molecular flexibility index (Phi) is 3.71. The van der Waals surface area contributed by atoms with Crippen molar-refractivity contribution in [2.45, 2.75) is 50.2 Å². The van der Waals surface area contributed by atoms with Crippen LogP contribution in [0.15, 0.2) is 11.6 Å². The third kappa shape index (κ3) is 3.18. The quantitative estimate of drug-likeness (QED) is 0.761. The molecule has 3 nitrogen and oxygen atoms in total. The average molecular weight is 256 g/mol. The van der Waals surface area contributed by atoms with Crippen molar-refractivity contribution < 1.29 is 13.2 Å². The maximum absolute atomic E-state index is 11.6. The Labute approximate surface area is 103 Å². The molecule has 96 valence electrons.